The number of aromatic nitrogens is 2. The molecule has 0 amide bonds. The molecule has 0 spiro atoms. The van der Waals surface area contributed by atoms with Crippen molar-refractivity contribution in [2.24, 2.45) is 0 Å². The lowest BCUT2D eigenvalue weighted by atomic mass is 10.3. The average molecular weight is 225 g/mol. The molecular formula is C9H11N3O4. The third-order valence-electron chi connectivity index (χ3n) is 1.92. The Labute approximate surface area is 91.5 Å². The first-order valence-corrected chi connectivity index (χ1v) is 4.46. The van der Waals surface area contributed by atoms with Crippen molar-refractivity contribution < 1.29 is 14.5 Å². The van der Waals surface area contributed by atoms with Gasteiger partial charge in [0.1, 0.15) is 12.4 Å². The number of carbonyl (C=O) groups is 1. The van der Waals surface area contributed by atoms with Gasteiger partial charge >= 0.3 is 11.7 Å². The van der Waals surface area contributed by atoms with E-state index in [-0.39, 0.29) is 12.2 Å². The lowest BCUT2D eigenvalue weighted by molar-refractivity contribution is -0.385. The van der Waals surface area contributed by atoms with Crippen LogP contribution in [0.4, 0.5) is 5.69 Å². The molecular weight excluding hydrogens is 214 g/mol. The standard InChI is InChI=1S/C9H11N3O4/c1-7(9(13)16-2)3-4-11-6-8(5-10-11)12(14)15/h3,5-6H,4H2,1-2H3. The van der Waals surface area contributed by atoms with Crippen LogP contribution >= 0.6 is 0 Å². The summed E-state index contributed by atoms with van der Waals surface area (Å²) in [6.45, 7) is 1.89. The molecule has 0 bridgehead atoms. The van der Waals surface area contributed by atoms with E-state index < -0.39 is 10.9 Å². The normalized spacial score (nSPS) is 11.2. The molecule has 0 saturated carbocycles. The van der Waals surface area contributed by atoms with Crippen molar-refractivity contribution in [2.75, 3.05) is 7.11 Å². The Morgan fingerprint density at radius 1 is 1.75 bits per heavy atom. The zero-order chi connectivity index (χ0) is 12.1. The summed E-state index contributed by atoms with van der Waals surface area (Å²) in [6, 6.07) is 0. The molecule has 1 aromatic rings. The first-order valence-electron chi connectivity index (χ1n) is 4.46. The van der Waals surface area contributed by atoms with Crippen molar-refractivity contribution >= 4 is 11.7 Å². The molecule has 0 N–H and O–H groups in total. The Morgan fingerprint density at radius 2 is 2.44 bits per heavy atom. The molecule has 1 aromatic heterocycles. The number of nitrogens with zero attached hydrogens (tertiary/aromatic N) is 3. The number of ether oxygens (including phenoxy) is 1. The molecule has 1 rings (SSSR count). The maximum Gasteiger partial charge on any atom is 0.333 e. The van der Waals surface area contributed by atoms with Crippen LogP contribution in [0.2, 0.25) is 0 Å². The van der Waals surface area contributed by atoms with Crippen molar-refractivity contribution in [1.29, 1.82) is 0 Å². The van der Waals surface area contributed by atoms with Crippen LogP contribution in [-0.2, 0) is 16.1 Å². The molecule has 0 fully saturated rings. The van der Waals surface area contributed by atoms with Crippen molar-refractivity contribution in [3.63, 3.8) is 0 Å². The third kappa shape index (κ3) is 2.91. The van der Waals surface area contributed by atoms with E-state index in [1.54, 1.807) is 13.0 Å². The number of allylic oxidation sites excluding steroid dienone is 1. The Balaban J connectivity index is 2.67. The van der Waals surface area contributed by atoms with Gasteiger partial charge in [-0.3, -0.25) is 14.8 Å². The summed E-state index contributed by atoms with van der Waals surface area (Å²) in [4.78, 5) is 20.9. The Hall–Kier alpha value is -2.18. The monoisotopic (exact) mass is 225 g/mol. The fraction of sp³-hybridized carbons (Fsp3) is 0.333. The molecule has 0 aliphatic carbocycles. The Kier molecular flexibility index (Phi) is 3.76. The van der Waals surface area contributed by atoms with Gasteiger partial charge in [-0.25, -0.2) is 4.79 Å². The van der Waals surface area contributed by atoms with E-state index in [1.807, 2.05) is 0 Å². The second kappa shape index (κ2) is 5.06. The molecule has 7 heteroatoms. The van der Waals surface area contributed by atoms with E-state index >= 15 is 0 Å². The van der Waals surface area contributed by atoms with Crippen LogP contribution in [0.5, 0.6) is 0 Å². The molecule has 0 aliphatic heterocycles. The summed E-state index contributed by atoms with van der Waals surface area (Å²) >= 11 is 0. The topological polar surface area (TPSA) is 87.3 Å². The van der Waals surface area contributed by atoms with Crippen molar-refractivity contribution in [3.05, 3.63) is 34.2 Å². The number of nitro groups is 1. The molecule has 0 aliphatic rings. The van der Waals surface area contributed by atoms with E-state index in [0.29, 0.717) is 5.57 Å². The summed E-state index contributed by atoms with van der Waals surface area (Å²) < 4.78 is 5.86. The van der Waals surface area contributed by atoms with Gasteiger partial charge in [0.2, 0.25) is 0 Å². The van der Waals surface area contributed by atoms with Crippen LogP contribution in [-0.4, -0.2) is 27.8 Å². The van der Waals surface area contributed by atoms with Gasteiger partial charge in [0.25, 0.3) is 0 Å². The molecule has 0 saturated heterocycles. The fourth-order valence-corrected chi connectivity index (χ4v) is 1.02. The predicted molar refractivity (Wildman–Crippen MR) is 54.7 cm³/mol. The number of rotatable bonds is 4. The van der Waals surface area contributed by atoms with Crippen molar-refractivity contribution in [2.45, 2.75) is 13.5 Å². The van der Waals surface area contributed by atoms with Gasteiger partial charge in [0.15, 0.2) is 0 Å². The van der Waals surface area contributed by atoms with Crippen LogP contribution in [0.25, 0.3) is 0 Å². The van der Waals surface area contributed by atoms with Crippen molar-refractivity contribution in [3.8, 4) is 0 Å². The van der Waals surface area contributed by atoms with Crippen LogP contribution in [0, 0.1) is 10.1 Å². The highest BCUT2D eigenvalue weighted by Crippen LogP contribution is 2.08. The summed E-state index contributed by atoms with van der Waals surface area (Å²) in [5.74, 6) is -0.429. The highest BCUT2D eigenvalue weighted by atomic mass is 16.6. The van der Waals surface area contributed by atoms with E-state index in [0.717, 1.165) is 6.20 Å². The van der Waals surface area contributed by atoms with E-state index in [1.165, 1.54) is 18.0 Å². The van der Waals surface area contributed by atoms with Crippen LogP contribution in [0.15, 0.2) is 24.0 Å². The minimum absolute atomic E-state index is 0.0795. The molecule has 86 valence electrons. The van der Waals surface area contributed by atoms with E-state index in [4.69, 9.17) is 0 Å². The highest BCUT2D eigenvalue weighted by Gasteiger charge is 2.08. The number of hydrogen-bond donors (Lipinski definition) is 0. The van der Waals surface area contributed by atoms with Gasteiger partial charge in [0, 0.05) is 5.57 Å². The Bertz CT molecular complexity index is 436. The zero-order valence-electron chi connectivity index (χ0n) is 8.91. The maximum atomic E-state index is 11.0. The second-order valence-electron chi connectivity index (χ2n) is 3.06. The molecule has 0 atom stereocenters. The minimum Gasteiger partial charge on any atom is -0.466 e. The van der Waals surface area contributed by atoms with Gasteiger partial charge in [-0.1, -0.05) is 6.08 Å². The summed E-state index contributed by atoms with van der Waals surface area (Å²) in [5.41, 5.74) is 0.352. The SMILES string of the molecule is COC(=O)C(C)=CCn1cc([N+](=O)[O-])cn1. The van der Waals surface area contributed by atoms with E-state index in [9.17, 15) is 14.9 Å². The van der Waals surface area contributed by atoms with Gasteiger partial charge in [-0.05, 0) is 6.92 Å². The molecule has 0 aromatic carbocycles. The summed E-state index contributed by atoms with van der Waals surface area (Å²) in [6.07, 6.45) is 4.03. The smallest absolute Gasteiger partial charge is 0.333 e. The largest absolute Gasteiger partial charge is 0.466 e. The molecule has 7 nitrogen and oxygen atoms in total. The minimum atomic E-state index is -0.527. The van der Waals surface area contributed by atoms with Crippen molar-refractivity contribution in [1.82, 2.24) is 9.78 Å². The lowest BCUT2D eigenvalue weighted by Crippen LogP contribution is -2.04. The second-order valence-corrected chi connectivity index (χ2v) is 3.06. The molecule has 0 radical (unpaired) electrons. The van der Waals surface area contributed by atoms with Crippen LogP contribution < -0.4 is 0 Å². The van der Waals surface area contributed by atoms with Crippen LogP contribution in [0.3, 0.4) is 0 Å². The van der Waals surface area contributed by atoms with E-state index in [2.05, 4.69) is 9.84 Å². The maximum absolute atomic E-state index is 11.0. The first-order chi connectivity index (χ1) is 7.54. The lowest BCUT2D eigenvalue weighted by Gasteiger charge is -1.98. The number of hydrogen-bond acceptors (Lipinski definition) is 5. The molecule has 16 heavy (non-hydrogen) atoms. The summed E-state index contributed by atoms with van der Waals surface area (Å²) in [5, 5.41) is 14.1. The van der Waals surface area contributed by atoms with Gasteiger partial charge in [-0.2, -0.15) is 5.10 Å². The number of esters is 1. The number of carbonyl (C=O) groups excluding carboxylic acids is 1. The average Bonchev–Trinajstić information content (AvgIpc) is 2.73. The Morgan fingerprint density at radius 3 is 2.94 bits per heavy atom. The third-order valence-corrected chi connectivity index (χ3v) is 1.92. The highest BCUT2D eigenvalue weighted by molar-refractivity contribution is 5.87. The summed E-state index contributed by atoms with van der Waals surface area (Å²) in [7, 11) is 1.29. The molecule has 1 heterocycles. The predicted octanol–water partition coefficient (Wildman–Crippen LogP) is 0.911. The quantitative estimate of drug-likeness (QED) is 0.329. The van der Waals surface area contributed by atoms with Gasteiger partial charge in [0.05, 0.1) is 18.6 Å². The zero-order valence-corrected chi connectivity index (χ0v) is 8.91. The molecule has 0 unspecified atom stereocenters. The van der Waals surface area contributed by atoms with Gasteiger partial charge < -0.3 is 4.74 Å². The number of methoxy groups -OCH3 is 1. The van der Waals surface area contributed by atoms with Crippen LogP contribution in [0.1, 0.15) is 6.92 Å². The fourth-order valence-electron chi connectivity index (χ4n) is 1.02. The van der Waals surface area contributed by atoms with Gasteiger partial charge in [-0.15, -0.1) is 0 Å². The first kappa shape index (κ1) is 11.9.